The zero-order chi connectivity index (χ0) is 15.8. The van der Waals surface area contributed by atoms with Gasteiger partial charge in [-0.15, -0.1) is 0 Å². The molecule has 0 aliphatic rings. The van der Waals surface area contributed by atoms with Crippen molar-refractivity contribution in [2.45, 2.75) is 27.7 Å². The van der Waals surface area contributed by atoms with Crippen LogP contribution in [-0.2, 0) is 4.74 Å². The van der Waals surface area contributed by atoms with Gasteiger partial charge in [0.2, 0.25) is 0 Å². The highest BCUT2D eigenvalue weighted by atomic mass is 16.5. The first kappa shape index (κ1) is 17.4. The molecule has 0 aromatic carbocycles. The Labute approximate surface area is 127 Å². The van der Waals surface area contributed by atoms with Crippen molar-refractivity contribution >= 4 is 11.7 Å². The van der Waals surface area contributed by atoms with Crippen LogP contribution in [-0.4, -0.2) is 49.1 Å². The molecule has 1 heterocycles. The molecule has 0 saturated heterocycles. The number of carbonyl (C=O) groups excluding carboxylic acids is 1. The van der Waals surface area contributed by atoms with Gasteiger partial charge in [0.15, 0.2) is 0 Å². The molecule has 0 saturated carbocycles. The van der Waals surface area contributed by atoms with Crippen LogP contribution in [0.2, 0.25) is 0 Å². The lowest BCUT2D eigenvalue weighted by Gasteiger charge is -2.24. The van der Waals surface area contributed by atoms with E-state index < -0.39 is 0 Å². The molecular formula is C16H27N3O2. The number of pyridine rings is 1. The summed E-state index contributed by atoms with van der Waals surface area (Å²) in [6.07, 6.45) is 0. The van der Waals surface area contributed by atoms with Crippen LogP contribution < -0.4 is 5.32 Å². The van der Waals surface area contributed by atoms with Gasteiger partial charge < -0.3 is 15.0 Å². The van der Waals surface area contributed by atoms with Crippen LogP contribution >= 0.6 is 0 Å². The highest BCUT2D eigenvalue weighted by Crippen LogP contribution is 2.13. The minimum Gasteiger partial charge on any atom is -0.383 e. The van der Waals surface area contributed by atoms with Crippen LogP contribution in [0, 0.1) is 12.8 Å². The molecule has 0 spiro atoms. The molecule has 0 aliphatic carbocycles. The predicted octanol–water partition coefficient (Wildman–Crippen LogP) is 2.57. The molecule has 0 radical (unpaired) electrons. The van der Waals surface area contributed by atoms with Gasteiger partial charge in [0.1, 0.15) is 5.82 Å². The Morgan fingerprint density at radius 1 is 1.43 bits per heavy atom. The van der Waals surface area contributed by atoms with Crippen molar-refractivity contribution < 1.29 is 9.53 Å². The van der Waals surface area contributed by atoms with Crippen molar-refractivity contribution in [1.82, 2.24) is 9.88 Å². The minimum absolute atomic E-state index is 0.0328. The van der Waals surface area contributed by atoms with Gasteiger partial charge in [-0.25, -0.2) is 4.98 Å². The molecule has 1 N–H and O–H groups in total. The smallest absolute Gasteiger partial charge is 0.254 e. The quantitative estimate of drug-likeness (QED) is 0.800. The summed E-state index contributed by atoms with van der Waals surface area (Å²) in [6, 6.07) is 3.66. The summed E-state index contributed by atoms with van der Waals surface area (Å²) < 4.78 is 5.11. The zero-order valence-corrected chi connectivity index (χ0v) is 13.8. The van der Waals surface area contributed by atoms with Gasteiger partial charge >= 0.3 is 0 Å². The monoisotopic (exact) mass is 293 g/mol. The Morgan fingerprint density at radius 2 is 2.14 bits per heavy atom. The molecule has 21 heavy (non-hydrogen) atoms. The highest BCUT2D eigenvalue weighted by molar-refractivity contribution is 5.95. The number of anilines is 1. The maximum absolute atomic E-state index is 12.7. The molecule has 1 rings (SSSR count). The van der Waals surface area contributed by atoms with E-state index in [0.29, 0.717) is 24.6 Å². The molecule has 5 heteroatoms. The molecule has 118 valence electrons. The Hall–Kier alpha value is -1.62. The topological polar surface area (TPSA) is 54.5 Å². The second-order valence-electron chi connectivity index (χ2n) is 5.55. The van der Waals surface area contributed by atoms with Crippen LogP contribution in [0.4, 0.5) is 5.82 Å². The van der Waals surface area contributed by atoms with Gasteiger partial charge in [0, 0.05) is 38.0 Å². The maximum atomic E-state index is 12.7. The predicted molar refractivity (Wildman–Crippen MR) is 85.8 cm³/mol. The average molecular weight is 293 g/mol. The van der Waals surface area contributed by atoms with Crippen molar-refractivity contribution in [1.29, 1.82) is 0 Å². The summed E-state index contributed by atoms with van der Waals surface area (Å²) in [5.74, 6) is 1.20. The number of methoxy groups -OCH3 is 1. The van der Waals surface area contributed by atoms with Crippen LogP contribution in [0.3, 0.4) is 0 Å². The number of hydrogen-bond donors (Lipinski definition) is 1. The lowest BCUT2D eigenvalue weighted by Crippen LogP contribution is -2.36. The minimum atomic E-state index is 0.0328. The van der Waals surface area contributed by atoms with Gasteiger partial charge in [-0.2, -0.15) is 0 Å². The molecule has 0 atom stereocenters. The van der Waals surface area contributed by atoms with E-state index in [1.807, 2.05) is 30.9 Å². The number of nitrogens with one attached hydrogen (secondary N) is 1. The second-order valence-corrected chi connectivity index (χ2v) is 5.55. The second kappa shape index (κ2) is 8.62. The first-order chi connectivity index (χ1) is 9.97. The summed E-state index contributed by atoms with van der Waals surface area (Å²) in [5, 5.41) is 3.16. The Kier molecular flexibility index (Phi) is 7.15. The zero-order valence-electron chi connectivity index (χ0n) is 13.8. The SMILES string of the molecule is CCNc1cc(C(=O)N(CCOC)CC(C)C)cc(C)n1. The van der Waals surface area contributed by atoms with E-state index in [9.17, 15) is 4.79 Å². The molecule has 0 bridgehead atoms. The number of amides is 1. The first-order valence-electron chi connectivity index (χ1n) is 7.48. The lowest BCUT2D eigenvalue weighted by molar-refractivity contribution is 0.0672. The number of ether oxygens (including phenoxy) is 1. The number of carbonyl (C=O) groups is 1. The van der Waals surface area contributed by atoms with Gasteiger partial charge in [-0.1, -0.05) is 13.8 Å². The van der Waals surface area contributed by atoms with E-state index in [0.717, 1.165) is 24.6 Å². The number of aryl methyl sites for hydroxylation is 1. The third-order valence-electron chi connectivity index (χ3n) is 3.00. The van der Waals surface area contributed by atoms with Crippen LogP contribution in [0.15, 0.2) is 12.1 Å². The number of nitrogens with zero attached hydrogens (tertiary/aromatic N) is 2. The molecule has 0 aliphatic heterocycles. The Bertz CT molecular complexity index is 461. The van der Waals surface area contributed by atoms with Crippen molar-refractivity contribution in [3.05, 3.63) is 23.4 Å². The number of hydrogen-bond acceptors (Lipinski definition) is 4. The molecule has 1 amide bonds. The molecule has 0 fully saturated rings. The number of aromatic nitrogens is 1. The first-order valence-corrected chi connectivity index (χ1v) is 7.48. The van der Waals surface area contributed by atoms with E-state index in [2.05, 4.69) is 24.1 Å². The van der Waals surface area contributed by atoms with Crippen molar-refractivity contribution in [3.8, 4) is 0 Å². The third-order valence-corrected chi connectivity index (χ3v) is 3.00. The molecule has 1 aromatic heterocycles. The van der Waals surface area contributed by atoms with E-state index in [1.54, 1.807) is 7.11 Å². The third kappa shape index (κ3) is 5.71. The largest absolute Gasteiger partial charge is 0.383 e. The standard InChI is InChI=1S/C16H27N3O2/c1-6-17-15-10-14(9-13(4)18-15)16(20)19(7-8-21-5)11-12(2)3/h9-10,12H,6-8,11H2,1-5H3,(H,17,18). The van der Waals surface area contributed by atoms with E-state index in [1.165, 1.54) is 0 Å². The van der Waals surface area contributed by atoms with Crippen molar-refractivity contribution in [2.24, 2.45) is 5.92 Å². The summed E-state index contributed by atoms with van der Waals surface area (Å²) in [4.78, 5) is 18.9. The molecular weight excluding hydrogens is 266 g/mol. The van der Waals surface area contributed by atoms with Crippen molar-refractivity contribution in [3.63, 3.8) is 0 Å². The average Bonchev–Trinajstić information content (AvgIpc) is 2.42. The summed E-state index contributed by atoms with van der Waals surface area (Å²) in [5.41, 5.74) is 1.52. The molecule has 5 nitrogen and oxygen atoms in total. The Morgan fingerprint density at radius 3 is 2.71 bits per heavy atom. The number of rotatable bonds is 8. The molecule has 1 aromatic rings. The van der Waals surface area contributed by atoms with Gasteiger partial charge in [-0.3, -0.25) is 4.79 Å². The summed E-state index contributed by atoms with van der Waals surface area (Å²) in [6.45, 7) is 10.8. The fourth-order valence-corrected chi connectivity index (χ4v) is 2.16. The van der Waals surface area contributed by atoms with Gasteiger partial charge in [-0.05, 0) is 31.9 Å². The van der Waals surface area contributed by atoms with Crippen molar-refractivity contribution in [2.75, 3.05) is 38.7 Å². The fourth-order valence-electron chi connectivity index (χ4n) is 2.16. The summed E-state index contributed by atoms with van der Waals surface area (Å²) >= 11 is 0. The van der Waals surface area contributed by atoms with Gasteiger partial charge in [0.05, 0.1) is 6.61 Å². The lowest BCUT2D eigenvalue weighted by atomic mass is 10.1. The Balaban J connectivity index is 2.95. The fraction of sp³-hybridized carbons (Fsp3) is 0.625. The van der Waals surface area contributed by atoms with Crippen LogP contribution in [0.5, 0.6) is 0 Å². The van der Waals surface area contributed by atoms with E-state index >= 15 is 0 Å². The van der Waals surface area contributed by atoms with Crippen LogP contribution in [0.1, 0.15) is 36.8 Å². The summed E-state index contributed by atoms with van der Waals surface area (Å²) in [7, 11) is 1.65. The van der Waals surface area contributed by atoms with Crippen LogP contribution in [0.25, 0.3) is 0 Å². The normalized spacial score (nSPS) is 10.8. The van der Waals surface area contributed by atoms with E-state index in [-0.39, 0.29) is 5.91 Å². The van der Waals surface area contributed by atoms with Gasteiger partial charge in [0.25, 0.3) is 5.91 Å². The highest BCUT2D eigenvalue weighted by Gasteiger charge is 2.18. The molecule has 0 unspecified atom stereocenters. The maximum Gasteiger partial charge on any atom is 0.254 e. The van der Waals surface area contributed by atoms with E-state index in [4.69, 9.17) is 4.74 Å².